The minimum absolute atomic E-state index is 0. The molecule has 1 aromatic rings. The Kier molecular flexibility index (Phi) is 107. The van der Waals surface area contributed by atoms with E-state index >= 15 is 0 Å². The molecule has 2 rings (SSSR count). The number of hydrogen-bond acceptors (Lipinski definition) is 17. The van der Waals surface area contributed by atoms with Gasteiger partial charge in [-0.15, -0.1) is 12.8 Å². The van der Waals surface area contributed by atoms with E-state index in [1.54, 1.807) is 6.07 Å². The largest absolute Gasteiger partial charge is 0.502 e. The maximum atomic E-state index is 11.0. The Hall–Kier alpha value is -9.54. The van der Waals surface area contributed by atoms with E-state index in [9.17, 15) is 38.4 Å². The van der Waals surface area contributed by atoms with Gasteiger partial charge in [-0.3, -0.25) is 38.4 Å². The maximum absolute atomic E-state index is 11.0. The molecule has 1 aliphatic carbocycles. The lowest BCUT2D eigenvalue weighted by Gasteiger charge is -2.27. The van der Waals surface area contributed by atoms with E-state index in [0.29, 0.717) is 155 Å². The van der Waals surface area contributed by atoms with Crippen LogP contribution in [-0.2, 0) is 81.0 Å². The van der Waals surface area contributed by atoms with Crippen molar-refractivity contribution in [3.8, 4) is 24.7 Å². The summed E-state index contributed by atoms with van der Waals surface area (Å²) < 4.78 is 46.7. The molecule has 0 radical (unpaired) electrons. The smallest absolute Gasteiger partial charge is 0.247 e. The number of ketones is 5. The van der Waals surface area contributed by atoms with E-state index in [1.807, 2.05) is 18.2 Å². The number of carbonyl (C=O) groups is 8. The van der Waals surface area contributed by atoms with Crippen molar-refractivity contribution in [3.05, 3.63) is 212 Å². The van der Waals surface area contributed by atoms with Gasteiger partial charge >= 0.3 is 0 Å². The van der Waals surface area contributed by atoms with Crippen LogP contribution in [0.3, 0.4) is 0 Å². The summed E-state index contributed by atoms with van der Waals surface area (Å²) in [5, 5.41) is 7.82. The van der Waals surface area contributed by atoms with Crippen molar-refractivity contribution >= 4 is 46.6 Å². The van der Waals surface area contributed by atoms with E-state index in [0.717, 1.165) is 93.8 Å². The zero-order valence-electron chi connectivity index (χ0n) is 62.3. The van der Waals surface area contributed by atoms with Gasteiger partial charge < -0.3 is 58.6 Å². The van der Waals surface area contributed by atoms with Gasteiger partial charge in [0.25, 0.3) is 0 Å². The highest BCUT2D eigenvalue weighted by atomic mass is 16.6. The monoisotopic (exact) mass is 1530 g/mol. The first kappa shape index (κ1) is 120. The van der Waals surface area contributed by atoms with Crippen LogP contribution >= 0.6 is 0 Å². The molecule has 109 heavy (non-hydrogen) atoms. The first-order valence-corrected chi connectivity index (χ1v) is 34.9. The fourth-order valence-electron chi connectivity index (χ4n) is 8.03. The fraction of sp³-hybridized carbons (Fsp3) is 0.483. The molecule has 0 saturated heterocycles. The number of terminal acetylenes is 2. The third-order valence-corrected chi connectivity index (χ3v) is 13.7. The number of amides is 3. The van der Waals surface area contributed by atoms with Crippen LogP contribution in [0.2, 0.25) is 0 Å². The molecular formula is C89H143N3O17. The lowest BCUT2D eigenvalue weighted by Crippen LogP contribution is -2.25. The molecule has 0 aliphatic heterocycles. The third kappa shape index (κ3) is 96.4. The second kappa shape index (κ2) is 96.5. The molecule has 0 unspecified atom stereocenters. The Labute approximate surface area is 660 Å². The first-order valence-electron chi connectivity index (χ1n) is 34.9. The SMILES string of the molecule is C.C.C.C.C.C#Cc1cccc(C#C)c1.C=CC(=O)CCCC(=O)C=C.C=CC(=O)CCCCCCCNC(=O)C=C.C=CC(=O)CCCCOCCOCCOCCCCC(=O)C=C.C=CC(=O)NCC(=C)CC(=C)NC(=O)C=C.C=COCC1CCC(COC=C)CC1.C=COCCOCCOCCOC=C. The van der Waals surface area contributed by atoms with Gasteiger partial charge in [-0.1, -0.05) is 172 Å². The van der Waals surface area contributed by atoms with Crippen molar-refractivity contribution in [2.24, 2.45) is 11.8 Å². The number of ether oxygens (including phenoxy) is 9. The van der Waals surface area contributed by atoms with Gasteiger partial charge in [0.05, 0.1) is 91.1 Å². The standard InChI is InChI=1S/C18H30O5.C13H21NO2.C12H16N2O2.C12H20O2.C10H18O4.C10H6.C9H12O2.5CH4/c1-3-17(19)9-5-7-11-21-13-15-23-16-14-22-12-8-6-10-18(20)4-2;1-3-12(15)10-8-6-5-7-9-11-14-13(16)4-2;1-5-11(15)13-8-9(3)7-10(4)14-12(16)6-2;1-3-13-9-11-5-7-12(8-6-11)10-14-4-2;1-3-11-5-7-13-9-10-14-8-6-12-4-2;1-3-9-6-5-7-10(4-2)8-9;1-3-8(10)6-5-7-9(11)4-2;;;;;/h3-4H,1-2,5-16H2;3-4H,1-2,5-11H2,(H,14,16);5-6H,1-4,7-8H2,(H,13,15)(H,14,16);3-4,11-12H,1-2,5-10H2;3-4H,1-2,5-10H2;1-2,5-8H;3-4H,1-2,5-7H2;5*1H4. The first-order chi connectivity index (χ1) is 50.2. The number of unbranched alkanes of at least 4 members (excludes halogenated alkanes) is 6. The average molecular weight is 1530 g/mol. The molecule has 20 nitrogen and oxygen atoms in total. The predicted molar refractivity (Wildman–Crippen MR) is 453 cm³/mol. The number of hydrogen-bond donors (Lipinski definition) is 3. The van der Waals surface area contributed by atoms with Crippen LogP contribution in [-0.4, -0.2) is 152 Å². The molecule has 1 aliphatic rings. The third-order valence-electron chi connectivity index (χ3n) is 13.7. The highest BCUT2D eigenvalue weighted by molar-refractivity contribution is 5.92. The Morgan fingerprint density at radius 2 is 0.697 bits per heavy atom. The van der Waals surface area contributed by atoms with E-state index in [2.05, 4.69) is 120 Å². The molecule has 616 valence electrons. The van der Waals surface area contributed by atoms with Gasteiger partial charge in [0.2, 0.25) is 17.7 Å². The van der Waals surface area contributed by atoms with E-state index < -0.39 is 0 Å². The van der Waals surface area contributed by atoms with Gasteiger partial charge in [0, 0.05) is 81.7 Å². The quantitative estimate of drug-likeness (QED) is 0.0180. The Morgan fingerprint density at radius 1 is 0.385 bits per heavy atom. The topological polar surface area (TPSA) is 256 Å². The number of allylic oxidation sites excluding steroid dienone is 6. The summed E-state index contributed by atoms with van der Waals surface area (Å²) in [6.07, 6.45) is 43.5. The van der Waals surface area contributed by atoms with E-state index in [-0.39, 0.29) is 83.8 Å². The molecular weight excluding hydrogens is 1380 g/mol. The minimum atomic E-state index is -0.312. The van der Waals surface area contributed by atoms with E-state index in [1.165, 1.54) is 93.3 Å². The Morgan fingerprint density at radius 3 is 1.04 bits per heavy atom. The molecule has 0 heterocycles. The van der Waals surface area contributed by atoms with E-state index in [4.69, 9.17) is 55.5 Å². The van der Waals surface area contributed by atoms with Gasteiger partial charge in [-0.2, -0.15) is 0 Å². The number of benzene rings is 1. The van der Waals surface area contributed by atoms with Crippen molar-refractivity contribution in [3.63, 3.8) is 0 Å². The lowest BCUT2D eigenvalue weighted by molar-refractivity contribution is -0.117. The Bertz CT molecular complexity index is 2600. The molecule has 1 fully saturated rings. The number of nitrogens with one attached hydrogen (secondary N) is 3. The molecule has 1 aromatic carbocycles. The number of carbonyl (C=O) groups excluding carboxylic acids is 8. The molecule has 3 N–H and O–H groups in total. The van der Waals surface area contributed by atoms with Crippen LogP contribution in [0.1, 0.15) is 177 Å². The van der Waals surface area contributed by atoms with Gasteiger partial charge in [0.1, 0.15) is 13.2 Å². The summed E-state index contributed by atoms with van der Waals surface area (Å²) in [4.78, 5) is 86.6. The van der Waals surface area contributed by atoms with Crippen LogP contribution in [0, 0.1) is 36.5 Å². The lowest BCUT2D eigenvalue weighted by atomic mass is 9.83. The molecule has 0 aromatic heterocycles. The zero-order valence-corrected chi connectivity index (χ0v) is 62.3. The van der Waals surface area contributed by atoms with Gasteiger partial charge in [-0.05, 0) is 149 Å². The molecule has 1 saturated carbocycles. The minimum Gasteiger partial charge on any atom is -0.502 e. The highest BCUT2D eigenvalue weighted by Crippen LogP contribution is 2.29. The second-order valence-corrected chi connectivity index (χ2v) is 22.2. The number of rotatable bonds is 58. The van der Waals surface area contributed by atoms with Crippen molar-refractivity contribution in [1.29, 1.82) is 0 Å². The summed E-state index contributed by atoms with van der Waals surface area (Å²) in [7, 11) is 0. The van der Waals surface area contributed by atoms with Crippen LogP contribution in [0.25, 0.3) is 0 Å². The van der Waals surface area contributed by atoms with Crippen molar-refractivity contribution in [2.75, 3.05) is 106 Å². The zero-order chi connectivity index (χ0) is 78.8. The molecule has 0 atom stereocenters. The van der Waals surface area contributed by atoms with Crippen LogP contribution in [0.4, 0.5) is 0 Å². The average Bonchev–Trinajstić information content (AvgIpc) is 0.929. The van der Waals surface area contributed by atoms with Crippen LogP contribution < -0.4 is 16.0 Å². The summed E-state index contributed by atoms with van der Waals surface area (Å²) in [5.74, 6) is 6.02. The summed E-state index contributed by atoms with van der Waals surface area (Å²) >= 11 is 0. The highest BCUT2D eigenvalue weighted by Gasteiger charge is 2.21. The summed E-state index contributed by atoms with van der Waals surface area (Å²) in [6.45, 7) is 57.8. The van der Waals surface area contributed by atoms with Gasteiger partial charge in [-0.25, -0.2) is 0 Å². The van der Waals surface area contributed by atoms with Crippen molar-refractivity contribution in [1.82, 2.24) is 16.0 Å². The van der Waals surface area contributed by atoms with Crippen molar-refractivity contribution < 1.29 is 81.0 Å². The van der Waals surface area contributed by atoms with Gasteiger partial charge in [0.15, 0.2) is 28.9 Å². The molecule has 20 heteroatoms. The second-order valence-electron chi connectivity index (χ2n) is 22.2. The predicted octanol–water partition coefficient (Wildman–Crippen LogP) is 17.3. The van der Waals surface area contributed by atoms with Crippen LogP contribution in [0.5, 0.6) is 0 Å². The molecule has 0 spiro atoms. The van der Waals surface area contributed by atoms with Crippen LogP contribution in [0.15, 0.2) is 201 Å². The summed E-state index contributed by atoms with van der Waals surface area (Å²) in [6, 6.07) is 7.35. The normalized spacial score (nSPS) is 11.1. The van der Waals surface area contributed by atoms with Crippen molar-refractivity contribution in [2.45, 2.75) is 166 Å². The fourth-order valence-corrected chi connectivity index (χ4v) is 8.03. The Balaban J connectivity index is -0.000000132. The summed E-state index contributed by atoms with van der Waals surface area (Å²) in [5.41, 5.74) is 2.92. The maximum Gasteiger partial charge on any atom is 0.247 e. The molecule has 3 amide bonds. The molecule has 0 bridgehead atoms.